The lowest BCUT2D eigenvalue weighted by Gasteiger charge is -2.38. The number of hydrogen-bond donors (Lipinski definition) is 2. The second-order valence-corrected chi connectivity index (χ2v) is 5.85. The molecular formula is C16H21N5O2. The molecule has 0 radical (unpaired) electrons. The fourth-order valence-corrected chi connectivity index (χ4v) is 3.08. The molecule has 0 bridgehead atoms. The van der Waals surface area contributed by atoms with Gasteiger partial charge in [-0.05, 0) is 31.9 Å². The number of fused-ring (bicyclic) bond motifs is 1. The van der Waals surface area contributed by atoms with Crippen molar-refractivity contribution in [2.24, 2.45) is 0 Å². The van der Waals surface area contributed by atoms with Crippen LogP contribution >= 0.6 is 0 Å². The Bertz CT molecular complexity index is 726. The minimum atomic E-state index is -0.123. The van der Waals surface area contributed by atoms with Gasteiger partial charge < -0.3 is 19.9 Å². The van der Waals surface area contributed by atoms with E-state index in [0.717, 1.165) is 24.0 Å². The van der Waals surface area contributed by atoms with Crippen LogP contribution in [0.15, 0.2) is 31.2 Å². The van der Waals surface area contributed by atoms with Crippen LogP contribution in [0.2, 0.25) is 0 Å². The van der Waals surface area contributed by atoms with Gasteiger partial charge in [-0.1, -0.05) is 6.58 Å². The summed E-state index contributed by atoms with van der Waals surface area (Å²) in [6.07, 6.45) is 6.52. The Morgan fingerprint density at radius 3 is 3.09 bits per heavy atom. The third-order valence-corrected chi connectivity index (χ3v) is 4.39. The van der Waals surface area contributed by atoms with Crippen molar-refractivity contribution in [3.63, 3.8) is 0 Å². The van der Waals surface area contributed by atoms with Crippen molar-refractivity contribution < 1.29 is 9.90 Å². The molecule has 1 amide bonds. The SMILES string of the molecule is C=CC(=O)N1C[C@H](Nc2ncnc3c2ccn3CO)CC[C@@H]1C. The molecule has 0 spiro atoms. The molecule has 1 aliphatic rings. The average Bonchev–Trinajstić information content (AvgIpc) is 3.00. The van der Waals surface area contributed by atoms with E-state index < -0.39 is 0 Å². The van der Waals surface area contributed by atoms with Gasteiger partial charge in [0.15, 0.2) is 0 Å². The van der Waals surface area contributed by atoms with Crippen LogP contribution in [0.25, 0.3) is 11.0 Å². The maximum absolute atomic E-state index is 12.0. The summed E-state index contributed by atoms with van der Waals surface area (Å²) in [7, 11) is 0. The van der Waals surface area contributed by atoms with Gasteiger partial charge in [0.2, 0.25) is 5.91 Å². The van der Waals surface area contributed by atoms with Crippen LogP contribution in [0.3, 0.4) is 0 Å². The topological polar surface area (TPSA) is 83.3 Å². The van der Waals surface area contributed by atoms with Crippen LogP contribution in [-0.4, -0.2) is 49.1 Å². The molecule has 7 nitrogen and oxygen atoms in total. The smallest absolute Gasteiger partial charge is 0.246 e. The highest BCUT2D eigenvalue weighted by Gasteiger charge is 2.28. The van der Waals surface area contributed by atoms with Crippen LogP contribution < -0.4 is 5.32 Å². The molecule has 2 N–H and O–H groups in total. The van der Waals surface area contributed by atoms with E-state index in [1.807, 2.05) is 11.0 Å². The Kier molecular flexibility index (Phi) is 4.29. The third kappa shape index (κ3) is 2.92. The molecule has 3 heterocycles. The molecular weight excluding hydrogens is 294 g/mol. The summed E-state index contributed by atoms with van der Waals surface area (Å²) in [5.74, 6) is 0.691. The van der Waals surface area contributed by atoms with Crippen LogP contribution in [0.1, 0.15) is 19.8 Å². The summed E-state index contributed by atoms with van der Waals surface area (Å²) in [4.78, 5) is 22.3. The molecule has 1 aliphatic heterocycles. The second kappa shape index (κ2) is 6.37. The first-order valence-electron chi connectivity index (χ1n) is 7.74. The second-order valence-electron chi connectivity index (χ2n) is 5.85. The van der Waals surface area contributed by atoms with Gasteiger partial charge in [-0.15, -0.1) is 0 Å². The molecule has 2 atom stereocenters. The molecule has 3 rings (SSSR count). The Labute approximate surface area is 134 Å². The summed E-state index contributed by atoms with van der Waals surface area (Å²) >= 11 is 0. The lowest BCUT2D eigenvalue weighted by atomic mass is 9.99. The average molecular weight is 315 g/mol. The number of carbonyl (C=O) groups is 1. The first-order chi connectivity index (χ1) is 11.1. The largest absolute Gasteiger partial charge is 0.376 e. The van der Waals surface area contributed by atoms with E-state index in [1.165, 1.54) is 12.4 Å². The number of piperidine rings is 1. The first-order valence-corrected chi connectivity index (χ1v) is 7.74. The van der Waals surface area contributed by atoms with Crippen LogP contribution in [-0.2, 0) is 11.5 Å². The van der Waals surface area contributed by atoms with Gasteiger partial charge in [0.1, 0.15) is 24.5 Å². The van der Waals surface area contributed by atoms with E-state index in [1.54, 1.807) is 10.8 Å². The zero-order valence-corrected chi connectivity index (χ0v) is 13.1. The van der Waals surface area contributed by atoms with Crippen LogP contribution in [0.4, 0.5) is 5.82 Å². The Morgan fingerprint density at radius 2 is 2.35 bits per heavy atom. The molecule has 122 valence electrons. The van der Waals surface area contributed by atoms with Crippen molar-refractivity contribution in [3.05, 3.63) is 31.2 Å². The maximum Gasteiger partial charge on any atom is 0.246 e. The predicted molar refractivity (Wildman–Crippen MR) is 87.8 cm³/mol. The van der Waals surface area contributed by atoms with Gasteiger partial charge in [0.05, 0.1) is 5.39 Å². The van der Waals surface area contributed by atoms with Crippen molar-refractivity contribution in [2.75, 3.05) is 11.9 Å². The number of anilines is 1. The molecule has 0 aliphatic carbocycles. The minimum absolute atomic E-state index is 0.0386. The number of aliphatic hydroxyl groups excluding tert-OH is 1. The molecule has 7 heteroatoms. The van der Waals surface area contributed by atoms with Crippen LogP contribution in [0, 0.1) is 0 Å². The van der Waals surface area contributed by atoms with Crippen LogP contribution in [0.5, 0.6) is 0 Å². The highest BCUT2D eigenvalue weighted by Crippen LogP contribution is 2.24. The van der Waals surface area contributed by atoms with Gasteiger partial charge in [-0.3, -0.25) is 4.79 Å². The van der Waals surface area contributed by atoms with E-state index in [9.17, 15) is 9.90 Å². The van der Waals surface area contributed by atoms with Crippen molar-refractivity contribution in [1.29, 1.82) is 0 Å². The highest BCUT2D eigenvalue weighted by atomic mass is 16.3. The fraction of sp³-hybridized carbons (Fsp3) is 0.438. The summed E-state index contributed by atoms with van der Waals surface area (Å²) in [5.41, 5.74) is 0.688. The zero-order valence-electron chi connectivity index (χ0n) is 13.1. The highest BCUT2D eigenvalue weighted by molar-refractivity contribution is 5.88. The molecule has 0 aromatic carbocycles. The summed E-state index contributed by atoms with van der Waals surface area (Å²) < 4.78 is 1.65. The number of rotatable bonds is 4. The number of nitrogens with one attached hydrogen (secondary N) is 1. The van der Waals surface area contributed by atoms with E-state index in [4.69, 9.17) is 0 Å². The molecule has 23 heavy (non-hydrogen) atoms. The number of amides is 1. The predicted octanol–water partition coefficient (Wildman–Crippen LogP) is 1.36. The van der Waals surface area contributed by atoms with Crippen molar-refractivity contribution in [2.45, 2.75) is 38.6 Å². The first kappa shape index (κ1) is 15.5. The quantitative estimate of drug-likeness (QED) is 0.832. The molecule has 1 saturated heterocycles. The zero-order chi connectivity index (χ0) is 16.4. The Hall–Kier alpha value is -2.41. The normalized spacial score (nSPS) is 21.4. The van der Waals surface area contributed by atoms with Crippen molar-refractivity contribution in [3.8, 4) is 0 Å². The summed E-state index contributed by atoms with van der Waals surface area (Å²) in [6, 6.07) is 2.23. The number of aromatic nitrogens is 3. The van der Waals surface area contributed by atoms with Gasteiger partial charge in [0, 0.05) is 24.8 Å². The number of aliphatic hydroxyl groups is 1. The lowest BCUT2D eigenvalue weighted by molar-refractivity contribution is -0.129. The van der Waals surface area contributed by atoms with Gasteiger partial charge >= 0.3 is 0 Å². The van der Waals surface area contributed by atoms with E-state index in [2.05, 4.69) is 28.8 Å². The van der Waals surface area contributed by atoms with E-state index in [0.29, 0.717) is 12.2 Å². The molecule has 2 aromatic heterocycles. The van der Waals surface area contributed by atoms with Gasteiger partial charge in [-0.2, -0.15) is 0 Å². The maximum atomic E-state index is 12.0. The summed E-state index contributed by atoms with van der Waals surface area (Å²) in [5, 5.41) is 13.6. The summed E-state index contributed by atoms with van der Waals surface area (Å²) in [6.45, 7) is 6.13. The van der Waals surface area contributed by atoms with Gasteiger partial charge in [0.25, 0.3) is 0 Å². The number of carbonyl (C=O) groups excluding carboxylic acids is 1. The molecule has 0 saturated carbocycles. The number of hydrogen-bond acceptors (Lipinski definition) is 5. The fourth-order valence-electron chi connectivity index (χ4n) is 3.08. The number of likely N-dealkylation sites (tertiary alicyclic amines) is 1. The van der Waals surface area contributed by atoms with Crippen molar-refractivity contribution in [1.82, 2.24) is 19.4 Å². The monoisotopic (exact) mass is 315 g/mol. The van der Waals surface area contributed by atoms with E-state index in [-0.39, 0.29) is 24.7 Å². The molecule has 1 fully saturated rings. The van der Waals surface area contributed by atoms with Crippen molar-refractivity contribution >= 4 is 22.8 Å². The minimum Gasteiger partial charge on any atom is -0.376 e. The van der Waals surface area contributed by atoms with Gasteiger partial charge in [-0.25, -0.2) is 9.97 Å². The Morgan fingerprint density at radius 1 is 1.52 bits per heavy atom. The van der Waals surface area contributed by atoms with E-state index >= 15 is 0 Å². The number of nitrogens with zero attached hydrogens (tertiary/aromatic N) is 4. The third-order valence-electron chi connectivity index (χ3n) is 4.39. The standard InChI is InChI=1S/C16H21N5O2/c1-3-14(23)21-8-12(5-4-11(21)2)19-15-13-6-7-20(10-22)16(13)18-9-17-15/h3,6-7,9,11-12,22H,1,4-5,8,10H2,2H3,(H,17,18,19)/t11-,12+/m0/s1. The lowest BCUT2D eigenvalue weighted by Crippen LogP contribution is -2.49. The Balaban J connectivity index is 1.81. The molecule has 0 unspecified atom stereocenters. The molecule has 2 aromatic rings.